The molecular weight excluding hydrogens is 292 g/mol. The molecular formula is C14H16N2O4S. The van der Waals surface area contributed by atoms with Gasteiger partial charge in [0.15, 0.2) is 11.5 Å². The molecule has 3 rings (SSSR count). The van der Waals surface area contributed by atoms with E-state index in [1.165, 1.54) is 12.1 Å². The number of nitrogens with zero attached hydrogens (tertiary/aromatic N) is 1. The van der Waals surface area contributed by atoms with E-state index in [0.717, 1.165) is 5.56 Å². The molecule has 6 nitrogen and oxygen atoms in total. The maximum absolute atomic E-state index is 12.3. The minimum Gasteiger partial charge on any atom is -0.486 e. The van der Waals surface area contributed by atoms with Crippen LogP contribution < -0.4 is 14.2 Å². The van der Waals surface area contributed by atoms with Crippen molar-refractivity contribution < 1.29 is 17.9 Å². The van der Waals surface area contributed by atoms with Crippen LogP contribution >= 0.6 is 0 Å². The first kappa shape index (κ1) is 14.0. The summed E-state index contributed by atoms with van der Waals surface area (Å²) in [7, 11) is -1.69. The Bertz CT molecular complexity index is 752. The maximum Gasteiger partial charge on any atom is 0.241 e. The molecule has 0 fully saturated rings. The Morgan fingerprint density at radius 2 is 1.95 bits per heavy atom. The standard InChI is InChI=1S/C14H16N2O4S/c1-16-5-4-11(10-16)9-15-21(17,18)12-2-3-13-14(8-12)20-7-6-19-13/h2-5,8,10,15H,6-7,9H2,1H3. The minimum absolute atomic E-state index is 0.169. The van der Waals surface area contributed by atoms with Crippen molar-refractivity contribution in [1.82, 2.24) is 9.29 Å². The zero-order valence-electron chi connectivity index (χ0n) is 11.6. The van der Waals surface area contributed by atoms with Crippen LogP contribution in [-0.2, 0) is 23.6 Å². The summed E-state index contributed by atoms with van der Waals surface area (Å²) in [4.78, 5) is 0.169. The van der Waals surface area contributed by atoms with Gasteiger partial charge in [0.25, 0.3) is 0 Å². The largest absolute Gasteiger partial charge is 0.486 e. The summed E-state index contributed by atoms with van der Waals surface area (Å²) in [6.45, 7) is 1.15. The maximum atomic E-state index is 12.3. The number of nitrogens with one attached hydrogen (secondary N) is 1. The lowest BCUT2D eigenvalue weighted by Gasteiger charge is -2.18. The van der Waals surface area contributed by atoms with Gasteiger partial charge in [-0.2, -0.15) is 0 Å². The van der Waals surface area contributed by atoms with Crippen molar-refractivity contribution in [3.05, 3.63) is 42.2 Å². The van der Waals surface area contributed by atoms with Crippen LogP contribution in [0.15, 0.2) is 41.6 Å². The van der Waals surface area contributed by atoms with Crippen LogP contribution in [0.4, 0.5) is 0 Å². The quantitative estimate of drug-likeness (QED) is 0.923. The van der Waals surface area contributed by atoms with E-state index in [9.17, 15) is 8.42 Å². The van der Waals surface area contributed by atoms with Crippen molar-refractivity contribution in [2.75, 3.05) is 13.2 Å². The number of hydrogen-bond donors (Lipinski definition) is 1. The molecule has 2 heterocycles. The van der Waals surface area contributed by atoms with Crippen LogP contribution in [0.3, 0.4) is 0 Å². The monoisotopic (exact) mass is 308 g/mol. The molecule has 112 valence electrons. The molecule has 0 atom stereocenters. The summed E-state index contributed by atoms with van der Waals surface area (Å²) in [6, 6.07) is 6.49. The summed E-state index contributed by atoms with van der Waals surface area (Å²) in [5.41, 5.74) is 0.901. The molecule has 7 heteroatoms. The first-order chi connectivity index (χ1) is 10.0. The molecule has 1 aliphatic rings. The van der Waals surface area contributed by atoms with Gasteiger partial charge in [0.1, 0.15) is 13.2 Å². The molecule has 1 aromatic carbocycles. The molecule has 0 bridgehead atoms. The Kier molecular flexibility index (Phi) is 3.60. The molecule has 0 unspecified atom stereocenters. The second-order valence-corrected chi connectivity index (χ2v) is 6.58. The molecule has 0 radical (unpaired) electrons. The zero-order valence-corrected chi connectivity index (χ0v) is 12.4. The molecule has 1 aliphatic heterocycles. The number of sulfonamides is 1. The van der Waals surface area contributed by atoms with E-state index in [1.54, 1.807) is 6.07 Å². The van der Waals surface area contributed by atoms with E-state index >= 15 is 0 Å². The number of rotatable bonds is 4. The normalized spacial score (nSPS) is 14.1. The first-order valence-corrected chi connectivity index (χ1v) is 8.03. The lowest BCUT2D eigenvalue weighted by atomic mass is 10.3. The highest BCUT2D eigenvalue weighted by Gasteiger charge is 2.19. The third-order valence-electron chi connectivity index (χ3n) is 3.18. The van der Waals surface area contributed by atoms with Crippen LogP contribution in [-0.4, -0.2) is 26.2 Å². The Morgan fingerprint density at radius 1 is 1.19 bits per heavy atom. The molecule has 0 spiro atoms. The van der Waals surface area contributed by atoms with Crippen molar-refractivity contribution >= 4 is 10.0 Å². The van der Waals surface area contributed by atoms with Crippen LogP contribution in [0, 0.1) is 0 Å². The van der Waals surface area contributed by atoms with E-state index in [-0.39, 0.29) is 11.4 Å². The molecule has 0 amide bonds. The van der Waals surface area contributed by atoms with E-state index in [0.29, 0.717) is 24.7 Å². The van der Waals surface area contributed by atoms with Gasteiger partial charge in [0.2, 0.25) is 10.0 Å². The van der Waals surface area contributed by atoms with Gasteiger partial charge in [-0.25, -0.2) is 13.1 Å². The average molecular weight is 308 g/mol. The predicted molar refractivity (Wildman–Crippen MR) is 76.9 cm³/mol. The van der Waals surface area contributed by atoms with Crippen molar-refractivity contribution in [2.45, 2.75) is 11.4 Å². The second kappa shape index (κ2) is 5.42. The number of fused-ring (bicyclic) bond motifs is 1. The third kappa shape index (κ3) is 3.03. The highest BCUT2D eigenvalue weighted by Crippen LogP contribution is 2.32. The van der Waals surface area contributed by atoms with Crippen molar-refractivity contribution in [3.63, 3.8) is 0 Å². The molecule has 0 saturated carbocycles. The van der Waals surface area contributed by atoms with Crippen LogP contribution in [0.25, 0.3) is 0 Å². The van der Waals surface area contributed by atoms with E-state index in [1.807, 2.05) is 30.1 Å². The molecule has 2 aromatic rings. The fourth-order valence-corrected chi connectivity index (χ4v) is 3.15. The third-order valence-corrected chi connectivity index (χ3v) is 4.58. The smallest absolute Gasteiger partial charge is 0.241 e. The highest BCUT2D eigenvalue weighted by atomic mass is 32.2. The van der Waals surface area contributed by atoms with Gasteiger partial charge in [0, 0.05) is 32.1 Å². The van der Waals surface area contributed by atoms with Crippen molar-refractivity contribution in [1.29, 1.82) is 0 Å². The molecule has 1 aromatic heterocycles. The number of benzene rings is 1. The minimum atomic E-state index is -3.58. The average Bonchev–Trinajstić information content (AvgIpc) is 2.90. The Morgan fingerprint density at radius 3 is 2.67 bits per heavy atom. The second-order valence-electron chi connectivity index (χ2n) is 4.82. The fraction of sp³-hybridized carbons (Fsp3) is 0.286. The highest BCUT2D eigenvalue weighted by molar-refractivity contribution is 7.89. The topological polar surface area (TPSA) is 69.6 Å². The van der Waals surface area contributed by atoms with Gasteiger partial charge in [-0.3, -0.25) is 0 Å². The van der Waals surface area contributed by atoms with Crippen molar-refractivity contribution in [3.8, 4) is 11.5 Å². The Balaban J connectivity index is 1.78. The summed E-state index contributed by atoms with van der Waals surface area (Å²) in [5, 5.41) is 0. The van der Waals surface area contributed by atoms with Gasteiger partial charge < -0.3 is 14.0 Å². The lowest BCUT2D eigenvalue weighted by Crippen LogP contribution is -2.23. The number of aromatic nitrogens is 1. The molecule has 0 aliphatic carbocycles. The first-order valence-electron chi connectivity index (χ1n) is 6.55. The fourth-order valence-electron chi connectivity index (χ4n) is 2.12. The molecule has 21 heavy (non-hydrogen) atoms. The summed E-state index contributed by atoms with van der Waals surface area (Å²) < 4.78 is 39.8. The number of hydrogen-bond acceptors (Lipinski definition) is 4. The van der Waals surface area contributed by atoms with E-state index in [2.05, 4.69) is 4.72 Å². The predicted octanol–water partition coefficient (Wildman–Crippen LogP) is 1.27. The summed E-state index contributed by atoms with van der Waals surface area (Å²) >= 11 is 0. The summed E-state index contributed by atoms with van der Waals surface area (Å²) in [6.07, 6.45) is 3.74. The SMILES string of the molecule is Cn1ccc(CNS(=O)(=O)c2ccc3c(c2)OCCO3)c1. The van der Waals surface area contributed by atoms with Gasteiger partial charge >= 0.3 is 0 Å². The van der Waals surface area contributed by atoms with Crippen molar-refractivity contribution in [2.24, 2.45) is 7.05 Å². The van der Waals surface area contributed by atoms with E-state index < -0.39 is 10.0 Å². The number of aryl methyl sites for hydroxylation is 1. The van der Waals surface area contributed by atoms with Gasteiger partial charge in [-0.05, 0) is 23.8 Å². The van der Waals surface area contributed by atoms with Gasteiger partial charge in [-0.15, -0.1) is 0 Å². The zero-order chi connectivity index (χ0) is 14.9. The van der Waals surface area contributed by atoms with Gasteiger partial charge in [-0.1, -0.05) is 0 Å². The van der Waals surface area contributed by atoms with Crippen LogP contribution in [0.5, 0.6) is 11.5 Å². The number of ether oxygens (including phenoxy) is 2. The summed E-state index contributed by atoms with van der Waals surface area (Å²) in [5.74, 6) is 1.03. The Hall–Kier alpha value is -1.99. The van der Waals surface area contributed by atoms with Gasteiger partial charge in [0.05, 0.1) is 4.90 Å². The van der Waals surface area contributed by atoms with Crippen LogP contribution in [0.1, 0.15) is 5.56 Å². The van der Waals surface area contributed by atoms with Crippen LogP contribution in [0.2, 0.25) is 0 Å². The Labute approximate surface area is 123 Å². The molecule has 0 saturated heterocycles. The molecule has 1 N–H and O–H groups in total. The van der Waals surface area contributed by atoms with E-state index in [4.69, 9.17) is 9.47 Å². The lowest BCUT2D eigenvalue weighted by molar-refractivity contribution is 0.171.